The zero-order valence-corrected chi connectivity index (χ0v) is 35.5. The SMILES string of the molecule is O=S(=O)([O-])c1cc(NC2(Nc3ccccc3)N=CNC(Cl)=N2)ccc1C=Cc1ccc(NC2(Nc3ccccc3)N=CNC(Cl)=N2)cc1S(=O)(=O)[O-].[Na+].[Na+]. The van der Waals surface area contributed by atoms with Crippen molar-refractivity contribution < 1.29 is 85.1 Å². The van der Waals surface area contributed by atoms with Crippen molar-refractivity contribution in [3.63, 3.8) is 0 Å². The van der Waals surface area contributed by atoms with Crippen LogP contribution in [-0.4, -0.2) is 61.0 Å². The third kappa shape index (κ3) is 11.1. The maximum atomic E-state index is 12.5. The Morgan fingerprint density at radius 2 is 0.907 bits per heavy atom. The number of halogens is 2. The van der Waals surface area contributed by atoms with Gasteiger partial charge in [0.25, 0.3) is 0 Å². The number of anilines is 4. The molecular weight excluding hydrogens is 801 g/mol. The number of nitrogens with one attached hydrogen (secondary N) is 6. The maximum absolute atomic E-state index is 12.5. The number of benzene rings is 4. The van der Waals surface area contributed by atoms with Gasteiger partial charge in [-0.3, -0.25) is 0 Å². The first-order valence-electron chi connectivity index (χ1n) is 14.9. The Morgan fingerprint density at radius 1 is 0.556 bits per heavy atom. The van der Waals surface area contributed by atoms with E-state index < -0.39 is 41.8 Å². The van der Waals surface area contributed by atoms with Crippen LogP contribution in [0.4, 0.5) is 22.7 Å². The molecule has 0 amide bonds. The third-order valence-electron chi connectivity index (χ3n) is 7.22. The molecule has 0 aromatic heterocycles. The molecule has 6 rings (SSSR count). The minimum Gasteiger partial charge on any atom is -0.744 e. The molecule has 2 heterocycles. The van der Waals surface area contributed by atoms with Gasteiger partial charge in [-0.15, -0.1) is 0 Å². The zero-order chi connectivity index (χ0) is 37.0. The minimum absolute atomic E-state index is 0. The monoisotopic (exact) mass is 826 g/mol. The van der Waals surface area contributed by atoms with E-state index in [1.165, 1.54) is 49.1 Å². The number of hydrogen-bond acceptors (Lipinski definition) is 16. The molecule has 0 saturated heterocycles. The van der Waals surface area contributed by atoms with E-state index in [0.29, 0.717) is 11.4 Å². The van der Waals surface area contributed by atoms with Crippen LogP contribution in [0, 0.1) is 0 Å². The van der Waals surface area contributed by atoms with Crippen molar-refractivity contribution in [2.24, 2.45) is 20.0 Å². The predicted molar refractivity (Wildman–Crippen MR) is 200 cm³/mol. The van der Waals surface area contributed by atoms with Crippen LogP contribution >= 0.6 is 23.2 Å². The number of hydrogen-bond donors (Lipinski definition) is 6. The standard InChI is InChI=1S/C32H28Cl2N10O6S2.2Na/c33-29-35-19-37-31(43-29,39-23-7-3-1-4-8-23)41-25-15-13-21(27(17-25)51(45,46)47)11-12-22-14-16-26(18-28(22)52(48,49)50)42-32(38-20-36-30(34)44-32)40-24-9-5-2-6-10-24;;/h1-20,39-42H,(H,35,37,43)(H,36,38,44)(H,45,46,47)(H,48,49,50);;/q;2*+1/p-2. The Hall–Kier alpha value is -3.50. The van der Waals surface area contributed by atoms with Gasteiger partial charge < -0.3 is 41.0 Å². The van der Waals surface area contributed by atoms with Crippen LogP contribution in [0.1, 0.15) is 11.1 Å². The van der Waals surface area contributed by atoms with Crippen molar-refractivity contribution in [2.75, 3.05) is 21.3 Å². The van der Waals surface area contributed by atoms with Crippen molar-refractivity contribution in [3.05, 3.63) is 108 Å². The quantitative estimate of drug-likeness (QED) is 0.0312. The molecule has 0 saturated carbocycles. The van der Waals surface area contributed by atoms with E-state index >= 15 is 0 Å². The van der Waals surface area contributed by atoms with Crippen molar-refractivity contribution in [1.29, 1.82) is 0 Å². The Morgan fingerprint density at radius 3 is 1.24 bits per heavy atom. The van der Waals surface area contributed by atoms with Gasteiger partial charge in [-0.25, -0.2) is 26.8 Å². The number of aliphatic imine (C=N–C) groups is 4. The second kappa shape index (κ2) is 18.0. The van der Waals surface area contributed by atoms with Gasteiger partial charge >= 0.3 is 70.9 Å². The maximum Gasteiger partial charge on any atom is 1.00 e. The summed E-state index contributed by atoms with van der Waals surface area (Å²) < 4.78 is 74.8. The van der Waals surface area contributed by atoms with E-state index in [1.807, 2.05) is 0 Å². The first-order valence-corrected chi connectivity index (χ1v) is 18.5. The van der Waals surface area contributed by atoms with Gasteiger partial charge in [0.1, 0.15) is 20.2 Å². The molecular formula is C32H26Cl2N10Na2O6S2. The number of nitrogens with zero attached hydrogens (tertiary/aromatic N) is 4. The zero-order valence-electron chi connectivity index (χ0n) is 28.4. The predicted octanol–water partition coefficient (Wildman–Crippen LogP) is -1.60. The van der Waals surface area contributed by atoms with Gasteiger partial charge in [0.2, 0.25) is 10.6 Å². The summed E-state index contributed by atoms with van der Waals surface area (Å²) in [6, 6.07) is 25.4. The molecule has 2 unspecified atom stereocenters. The second-order valence-corrected chi connectivity index (χ2v) is 14.3. The molecule has 0 aliphatic carbocycles. The van der Waals surface area contributed by atoms with E-state index in [1.54, 1.807) is 60.7 Å². The summed E-state index contributed by atoms with van der Waals surface area (Å²) in [7, 11) is -10.2. The summed E-state index contributed by atoms with van der Waals surface area (Å²) in [4.78, 5) is 15.9. The van der Waals surface area contributed by atoms with Crippen molar-refractivity contribution in [2.45, 2.75) is 21.6 Å². The fraction of sp³-hybridized carbons (Fsp3) is 0.0625. The van der Waals surface area contributed by atoms with Crippen LogP contribution in [0.2, 0.25) is 0 Å². The van der Waals surface area contributed by atoms with Crippen LogP contribution < -0.4 is 91.0 Å². The Kier molecular flexibility index (Phi) is 14.4. The summed E-state index contributed by atoms with van der Waals surface area (Å²) in [5.74, 6) is -3.27. The van der Waals surface area contributed by atoms with Crippen molar-refractivity contribution in [3.8, 4) is 0 Å². The molecule has 4 aromatic rings. The van der Waals surface area contributed by atoms with Crippen LogP contribution in [0.3, 0.4) is 0 Å². The van der Waals surface area contributed by atoms with Crippen molar-refractivity contribution >= 4 is 102 Å². The van der Waals surface area contributed by atoms with Gasteiger partial charge in [-0.05, 0) is 82.9 Å². The molecule has 0 fully saturated rings. The molecule has 54 heavy (non-hydrogen) atoms. The molecule has 2 atom stereocenters. The first-order chi connectivity index (χ1) is 24.7. The first kappa shape index (κ1) is 43.2. The summed E-state index contributed by atoms with van der Waals surface area (Å²) >= 11 is 12.3. The second-order valence-electron chi connectivity index (χ2n) is 10.9. The number of amidine groups is 2. The van der Waals surface area contributed by atoms with Gasteiger partial charge in [-0.1, -0.05) is 60.7 Å². The molecule has 16 nitrogen and oxygen atoms in total. The topological polar surface area (TPSA) is 236 Å². The third-order valence-corrected chi connectivity index (χ3v) is 9.39. The molecule has 22 heteroatoms. The van der Waals surface area contributed by atoms with E-state index in [2.05, 4.69) is 51.9 Å². The minimum atomic E-state index is -5.10. The Bertz CT molecular complexity index is 2210. The molecule has 2 aliphatic rings. The average molecular weight is 828 g/mol. The van der Waals surface area contributed by atoms with Gasteiger partial charge in [0, 0.05) is 22.7 Å². The van der Waals surface area contributed by atoms with Crippen molar-refractivity contribution in [1.82, 2.24) is 10.6 Å². The summed E-state index contributed by atoms with van der Waals surface area (Å²) in [6.07, 6.45) is 4.96. The molecule has 4 aromatic carbocycles. The van der Waals surface area contributed by atoms with E-state index in [4.69, 9.17) is 23.2 Å². The summed E-state index contributed by atoms with van der Waals surface area (Å²) in [5.41, 5.74) is 1.20. The van der Waals surface area contributed by atoms with Crippen LogP contribution in [0.5, 0.6) is 0 Å². The fourth-order valence-electron chi connectivity index (χ4n) is 5.03. The van der Waals surface area contributed by atoms with Crippen LogP contribution in [-0.2, 0) is 20.2 Å². The normalized spacial score (nSPS) is 19.2. The molecule has 0 spiro atoms. The summed E-state index contributed by atoms with van der Waals surface area (Å²) in [5, 5.41) is 17.3. The smallest absolute Gasteiger partial charge is 0.744 e. The molecule has 6 N–H and O–H groups in total. The van der Waals surface area contributed by atoms with Gasteiger partial charge in [-0.2, -0.15) is 9.98 Å². The van der Waals surface area contributed by atoms with Gasteiger partial charge in [0.05, 0.1) is 22.5 Å². The Labute approximate surface area is 364 Å². The number of para-hydroxylation sites is 2. The van der Waals surface area contributed by atoms with Crippen LogP contribution in [0.15, 0.2) is 127 Å². The fourth-order valence-corrected chi connectivity index (χ4v) is 6.76. The summed E-state index contributed by atoms with van der Waals surface area (Å²) in [6.45, 7) is 0. The average Bonchev–Trinajstić information content (AvgIpc) is 3.08. The molecule has 0 bridgehead atoms. The molecule has 268 valence electrons. The molecule has 0 radical (unpaired) electrons. The van der Waals surface area contributed by atoms with E-state index in [-0.39, 0.29) is 92.2 Å². The number of rotatable bonds is 12. The van der Waals surface area contributed by atoms with Crippen LogP contribution in [0.25, 0.3) is 12.2 Å². The van der Waals surface area contributed by atoms with Gasteiger partial charge in [0.15, 0.2) is 0 Å². The molecule has 2 aliphatic heterocycles. The largest absolute Gasteiger partial charge is 1.00 e. The van der Waals surface area contributed by atoms with E-state index in [0.717, 1.165) is 12.1 Å². The Balaban J connectivity index is 0.00000325. The van der Waals surface area contributed by atoms with E-state index in [9.17, 15) is 25.9 Å².